The van der Waals surface area contributed by atoms with E-state index < -0.39 is 0 Å². The molecule has 7 nitrogen and oxygen atoms in total. The van der Waals surface area contributed by atoms with E-state index in [9.17, 15) is 9.18 Å². The van der Waals surface area contributed by atoms with Gasteiger partial charge in [0, 0.05) is 57.8 Å². The van der Waals surface area contributed by atoms with E-state index in [1.54, 1.807) is 20.3 Å². The van der Waals surface area contributed by atoms with Crippen molar-refractivity contribution in [2.24, 2.45) is 5.92 Å². The van der Waals surface area contributed by atoms with Gasteiger partial charge in [0.1, 0.15) is 17.3 Å². The van der Waals surface area contributed by atoms with Crippen molar-refractivity contribution in [3.63, 3.8) is 0 Å². The lowest BCUT2D eigenvalue weighted by Crippen LogP contribution is -2.56. The molecule has 2 aliphatic heterocycles. The highest BCUT2D eigenvalue weighted by Crippen LogP contribution is 2.31. The fourth-order valence-electron chi connectivity index (χ4n) is 5.63. The minimum atomic E-state index is -0.163. The van der Waals surface area contributed by atoms with Gasteiger partial charge in [-0.1, -0.05) is 12.1 Å². The van der Waals surface area contributed by atoms with Crippen molar-refractivity contribution in [2.45, 2.75) is 31.8 Å². The molecular weight excluding hydrogens is 461 g/mol. The number of benzene rings is 2. The van der Waals surface area contributed by atoms with E-state index in [1.165, 1.54) is 13.2 Å². The lowest BCUT2D eigenvalue weighted by atomic mass is 9.86. The third-order valence-electron chi connectivity index (χ3n) is 7.52. The smallest absolute Gasteiger partial charge is 0.305 e. The Morgan fingerprint density at radius 1 is 0.972 bits per heavy atom. The number of esters is 1. The Kier molecular flexibility index (Phi) is 9.04. The van der Waals surface area contributed by atoms with E-state index in [4.69, 9.17) is 14.2 Å². The van der Waals surface area contributed by atoms with Gasteiger partial charge >= 0.3 is 5.97 Å². The molecule has 2 saturated heterocycles. The van der Waals surface area contributed by atoms with Crippen LogP contribution in [-0.2, 0) is 16.1 Å². The first-order valence-electron chi connectivity index (χ1n) is 12.8. The number of carbonyl (C=O) groups excluding carboxylic acids is 1. The zero-order chi connectivity index (χ0) is 25.5. The molecule has 2 heterocycles. The van der Waals surface area contributed by atoms with Gasteiger partial charge in [-0.2, -0.15) is 0 Å². The second-order valence-corrected chi connectivity index (χ2v) is 9.66. The SMILES string of the molecule is COC(=O)CC[C@@H]1CN(Cc2cc(OC)cc(OC)c2)CC[C@@H]1N1CCN(c2ccccc2F)CC1. The number of methoxy groups -OCH3 is 3. The van der Waals surface area contributed by atoms with E-state index in [0.29, 0.717) is 24.1 Å². The van der Waals surface area contributed by atoms with Gasteiger partial charge in [-0.15, -0.1) is 0 Å². The molecule has 2 atom stereocenters. The number of hydrogen-bond donors (Lipinski definition) is 0. The molecule has 4 rings (SSSR count). The topological polar surface area (TPSA) is 54.5 Å². The zero-order valence-electron chi connectivity index (χ0n) is 21.6. The molecule has 2 aromatic rings. The Morgan fingerprint density at radius 2 is 1.67 bits per heavy atom. The molecule has 0 N–H and O–H groups in total. The summed E-state index contributed by atoms with van der Waals surface area (Å²) in [5, 5.41) is 0. The average Bonchev–Trinajstić information content (AvgIpc) is 2.92. The van der Waals surface area contributed by atoms with Gasteiger partial charge in [0.2, 0.25) is 0 Å². The lowest BCUT2D eigenvalue weighted by Gasteiger charge is -2.47. The number of ether oxygens (including phenoxy) is 3. The van der Waals surface area contributed by atoms with E-state index in [2.05, 4.69) is 26.8 Å². The summed E-state index contributed by atoms with van der Waals surface area (Å²) in [7, 11) is 4.78. The van der Waals surface area contributed by atoms with Crippen LogP contribution in [0.5, 0.6) is 11.5 Å². The Bertz CT molecular complexity index is 990. The highest BCUT2D eigenvalue weighted by atomic mass is 19.1. The Hall–Kier alpha value is -2.84. The second-order valence-electron chi connectivity index (χ2n) is 9.66. The van der Waals surface area contributed by atoms with Gasteiger partial charge in [-0.3, -0.25) is 14.6 Å². The fraction of sp³-hybridized carbons (Fsp3) is 0.536. The number of hydrogen-bond acceptors (Lipinski definition) is 7. The molecule has 2 aromatic carbocycles. The summed E-state index contributed by atoms with van der Waals surface area (Å²) < 4.78 is 30.1. The average molecular weight is 500 g/mol. The molecule has 8 heteroatoms. The van der Waals surface area contributed by atoms with Crippen molar-refractivity contribution >= 4 is 11.7 Å². The molecule has 2 fully saturated rings. The number of likely N-dealkylation sites (tertiary alicyclic amines) is 1. The number of para-hydroxylation sites is 1. The number of nitrogens with zero attached hydrogens (tertiary/aromatic N) is 3. The summed E-state index contributed by atoms with van der Waals surface area (Å²) >= 11 is 0. The van der Waals surface area contributed by atoms with Crippen LogP contribution in [0.1, 0.15) is 24.8 Å². The van der Waals surface area contributed by atoms with Crippen molar-refractivity contribution in [1.82, 2.24) is 9.80 Å². The molecule has 2 aliphatic rings. The maximum atomic E-state index is 14.3. The van der Waals surface area contributed by atoms with Crippen LogP contribution in [0.3, 0.4) is 0 Å². The van der Waals surface area contributed by atoms with Crippen LogP contribution in [0.15, 0.2) is 42.5 Å². The third-order valence-corrected chi connectivity index (χ3v) is 7.52. The van der Waals surface area contributed by atoms with Crippen LogP contribution in [0.25, 0.3) is 0 Å². The molecule has 0 unspecified atom stereocenters. The third kappa shape index (κ3) is 6.48. The summed E-state index contributed by atoms with van der Waals surface area (Å²) in [5.74, 6) is 1.60. The van der Waals surface area contributed by atoms with Crippen LogP contribution in [0.4, 0.5) is 10.1 Å². The first-order valence-corrected chi connectivity index (χ1v) is 12.8. The molecule has 0 aliphatic carbocycles. The molecule has 0 radical (unpaired) electrons. The summed E-state index contributed by atoms with van der Waals surface area (Å²) in [4.78, 5) is 19.1. The maximum Gasteiger partial charge on any atom is 0.305 e. The normalized spacial score (nSPS) is 21.3. The number of halogens is 1. The van der Waals surface area contributed by atoms with E-state index in [-0.39, 0.29) is 11.8 Å². The molecule has 0 saturated carbocycles. The monoisotopic (exact) mass is 499 g/mol. The molecule has 196 valence electrons. The molecule has 0 aromatic heterocycles. The number of piperazine rings is 1. The molecule has 0 amide bonds. The van der Waals surface area contributed by atoms with Crippen LogP contribution in [0, 0.1) is 11.7 Å². The van der Waals surface area contributed by atoms with Gasteiger partial charge in [0.05, 0.1) is 27.0 Å². The molecular formula is C28H38FN3O4. The number of piperidine rings is 1. The predicted molar refractivity (Wildman–Crippen MR) is 138 cm³/mol. The van der Waals surface area contributed by atoms with E-state index in [1.807, 2.05) is 18.2 Å². The Balaban J connectivity index is 1.41. The van der Waals surface area contributed by atoms with Gasteiger partial charge in [-0.05, 0) is 55.1 Å². The summed E-state index contributed by atoms with van der Waals surface area (Å²) in [6, 6.07) is 13.4. The minimum absolute atomic E-state index is 0.159. The minimum Gasteiger partial charge on any atom is -0.497 e. The van der Waals surface area contributed by atoms with E-state index >= 15 is 0 Å². The van der Waals surface area contributed by atoms with Crippen LogP contribution in [-0.4, -0.2) is 82.4 Å². The van der Waals surface area contributed by atoms with Crippen molar-refractivity contribution < 1.29 is 23.4 Å². The molecule has 0 bridgehead atoms. The van der Waals surface area contributed by atoms with Gasteiger partial charge in [0.25, 0.3) is 0 Å². The number of anilines is 1. The van der Waals surface area contributed by atoms with Gasteiger partial charge in [0.15, 0.2) is 0 Å². The number of rotatable bonds is 9. The fourth-order valence-corrected chi connectivity index (χ4v) is 5.63. The van der Waals surface area contributed by atoms with Crippen LogP contribution < -0.4 is 14.4 Å². The summed E-state index contributed by atoms with van der Waals surface area (Å²) in [6.45, 7) is 6.07. The van der Waals surface area contributed by atoms with Crippen molar-refractivity contribution in [1.29, 1.82) is 0 Å². The molecule has 36 heavy (non-hydrogen) atoms. The zero-order valence-corrected chi connectivity index (χ0v) is 21.6. The Morgan fingerprint density at radius 3 is 2.31 bits per heavy atom. The van der Waals surface area contributed by atoms with E-state index in [0.717, 1.165) is 75.7 Å². The summed E-state index contributed by atoms with van der Waals surface area (Å²) in [5.41, 5.74) is 1.83. The second kappa shape index (κ2) is 12.4. The van der Waals surface area contributed by atoms with Crippen molar-refractivity contribution in [3.8, 4) is 11.5 Å². The largest absolute Gasteiger partial charge is 0.497 e. The first kappa shape index (κ1) is 26.2. The standard InChI is InChI=1S/C28H38FN3O4/c1-34-23-16-21(17-24(18-23)35-2)19-30-11-10-26(22(20-30)8-9-28(33)36-3)31-12-14-32(15-13-31)27-7-5-4-6-25(27)29/h4-7,16-18,22,26H,8-15,19-20H2,1-3H3/t22-,26+/m1/s1. The van der Waals surface area contributed by atoms with Gasteiger partial charge in [-0.25, -0.2) is 4.39 Å². The van der Waals surface area contributed by atoms with Crippen molar-refractivity contribution in [2.75, 3.05) is 65.5 Å². The van der Waals surface area contributed by atoms with Crippen LogP contribution in [0.2, 0.25) is 0 Å². The lowest BCUT2D eigenvalue weighted by molar-refractivity contribution is -0.141. The highest BCUT2D eigenvalue weighted by Gasteiger charge is 2.35. The number of carbonyl (C=O) groups is 1. The van der Waals surface area contributed by atoms with Crippen molar-refractivity contribution in [3.05, 3.63) is 53.8 Å². The van der Waals surface area contributed by atoms with Crippen LogP contribution >= 0.6 is 0 Å². The molecule has 0 spiro atoms. The highest BCUT2D eigenvalue weighted by molar-refractivity contribution is 5.69. The predicted octanol–water partition coefficient (Wildman–Crippen LogP) is 3.81. The quantitative estimate of drug-likeness (QED) is 0.487. The van der Waals surface area contributed by atoms with Gasteiger partial charge < -0.3 is 19.1 Å². The summed E-state index contributed by atoms with van der Waals surface area (Å²) in [6.07, 6.45) is 2.25. The Labute approximate surface area is 213 Å². The first-order chi connectivity index (χ1) is 17.5. The maximum absolute atomic E-state index is 14.3.